The number of nitrogens with two attached hydrogens (primary N) is 1. The third-order valence-electron chi connectivity index (χ3n) is 4.03. The second-order valence-electron chi connectivity index (χ2n) is 5.71. The fourth-order valence-corrected chi connectivity index (χ4v) is 2.79. The van der Waals surface area contributed by atoms with E-state index in [4.69, 9.17) is 10.5 Å². The van der Waals surface area contributed by atoms with Gasteiger partial charge >= 0.3 is 0 Å². The van der Waals surface area contributed by atoms with Crippen molar-refractivity contribution >= 4 is 5.91 Å². The van der Waals surface area contributed by atoms with Crippen molar-refractivity contribution in [2.24, 2.45) is 11.7 Å². The van der Waals surface area contributed by atoms with Crippen molar-refractivity contribution in [3.63, 3.8) is 0 Å². The first-order valence-electron chi connectivity index (χ1n) is 7.22. The monoisotopic (exact) mass is 276 g/mol. The molecular weight excluding hydrogens is 252 g/mol. The van der Waals surface area contributed by atoms with E-state index in [-0.39, 0.29) is 30.0 Å². The molecule has 1 amide bonds. The highest BCUT2D eigenvalue weighted by Gasteiger charge is 2.34. The first-order valence-corrected chi connectivity index (χ1v) is 7.22. The van der Waals surface area contributed by atoms with E-state index < -0.39 is 0 Å². The largest absolute Gasteiger partial charge is 0.377 e. The quantitative estimate of drug-likeness (QED) is 0.918. The van der Waals surface area contributed by atoms with Gasteiger partial charge in [-0.1, -0.05) is 37.3 Å². The Balaban J connectivity index is 2.11. The molecule has 4 atom stereocenters. The number of amides is 1. The van der Waals surface area contributed by atoms with Crippen molar-refractivity contribution in [1.29, 1.82) is 0 Å². The van der Waals surface area contributed by atoms with Crippen LogP contribution in [0.5, 0.6) is 0 Å². The van der Waals surface area contributed by atoms with E-state index in [1.54, 1.807) is 0 Å². The maximum absolute atomic E-state index is 12.7. The summed E-state index contributed by atoms with van der Waals surface area (Å²) < 4.78 is 5.47. The molecule has 4 heteroatoms. The molecule has 0 aromatic heterocycles. The number of carbonyl (C=O) groups excluding carboxylic acids is 1. The number of nitrogens with zero attached hydrogens (tertiary/aromatic N) is 1. The zero-order chi connectivity index (χ0) is 14.7. The average molecular weight is 276 g/mol. The number of hydrogen-bond acceptors (Lipinski definition) is 3. The molecule has 4 nitrogen and oxygen atoms in total. The lowest BCUT2D eigenvalue weighted by atomic mass is 9.93. The summed E-state index contributed by atoms with van der Waals surface area (Å²) in [5.41, 5.74) is 7.26. The molecule has 0 saturated carbocycles. The molecule has 4 unspecified atom stereocenters. The molecule has 1 aliphatic rings. The first-order chi connectivity index (χ1) is 9.52. The van der Waals surface area contributed by atoms with Gasteiger partial charge in [0.1, 0.15) is 0 Å². The number of hydrogen-bond donors (Lipinski definition) is 1. The van der Waals surface area contributed by atoms with E-state index in [9.17, 15) is 4.79 Å². The zero-order valence-corrected chi connectivity index (χ0v) is 12.5. The minimum atomic E-state index is -0.272. The van der Waals surface area contributed by atoms with Crippen LogP contribution in [0.15, 0.2) is 30.3 Å². The van der Waals surface area contributed by atoms with Crippen LogP contribution >= 0.6 is 0 Å². The van der Waals surface area contributed by atoms with E-state index in [2.05, 4.69) is 0 Å². The number of benzene rings is 1. The first kappa shape index (κ1) is 15.0. The topological polar surface area (TPSA) is 55.6 Å². The molecule has 1 aromatic rings. The average Bonchev–Trinajstić information content (AvgIpc) is 2.46. The maximum atomic E-state index is 12.7. The highest BCUT2D eigenvalue weighted by molar-refractivity contribution is 5.80. The van der Waals surface area contributed by atoms with Gasteiger partial charge in [0, 0.05) is 6.04 Å². The molecule has 1 fully saturated rings. The van der Waals surface area contributed by atoms with Gasteiger partial charge in [-0.15, -0.1) is 0 Å². The zero-order valence-electron chi connectivity index (χ0n) is 12.5. The van der Waals surface area contributed by atoms with Crippen LogP contribution in [-0.4, -0.2) is 36.1 Å². The van der Waals surface area contributed by atoms with Crippen molar-refractivity contribution < 1.29 is 9.53 Å². The SMILES string of the molecule is CC(C(=O)N1C(C)COCC1C)C(N)c1ccccc1. The van der Waals surface area contributed by atoms with Crippen LogP contribution in [0.2, 0.25) is 0 Å². The molecule has 2 N–H and O–H groups in total. The Morgan fingerprint density at radius 3 is 2.35 bits per heavy atom. The summed E-state index contributed by atoms with van der Waals surface area (Å²) in [7, 11) is 0. The van der Waals surface area contributed by atoms with E-state index in [1.807, 2.05) is 56.0 Å². The van der Waals surface area contributed by atoms with E-state index >= 15 is 0 Å². The summed E-state index contributed by atoms with van der Waals surface area (Å²) in [6.45, 7) is 7.16. The van der Waals surface area contributed by atoms with Gasteiger partial charge in [-0.25, -0.2) is 0 Å². The Morgan fingerprint density at radius 2 is 1.80 bits per heavy atom. The molecule has 1 saturated heterocycles. The Morgan fingerprint density at radius 1 is 1.25 bits per heavy atom. The van der Waals surface area contributed by atoms with Gasteiger partial charge < -0.3 is 15.4 Å². The van der Waals surface area contributed by atoms with Crippen molar-refractivity contribution in [3.8, 4) is 0 Å². The van der Waals surface area contributed by atoms with Gasteiger partial charge in [-0.2, -0.15) is 0 Å². The van der Waals surface area contributed by atoms with Crippen LogP contribution < -0.4 is 5.73 Å². The van der Waals surface area contributed by atoms with Gasteiger partial charge in [-0.05, 0) is 19.4 Å². The molecule has 0 aliphatic carbocycles. The molecule has 1 aromatic carbocycles. The molecule has 0 bridgehead atoms. The molecule has 0 spiro atoms. The Labute approximate surface area is 120 Å². The summed E-state index contributed by atoms with van der Waals surface area (Å²) >= 11 is 0. The summed E-state index contributed by atoms with van der Waals surface area (Å²) in [4.78, 5) is 14.7. The minimum Gasteiger partial charge on any atom is -0.377 e. The lowest BCUT2D eigenvalue weighted by Crippen LogP contribution is -2.55. The van der Waals surface area contributed by atoms with Crippen LogP contribution in [0.4, 0.5) is 0 Å². The normalized spacial score (nSPS) is 26.1. The molecule has 2 rings (SSSR count). The van der Waals surface area contributed by atoms with E-state index in [1.165, 1.54) is 0 Å². The van der Waals surface area contributed by atoms with Crippen LogP contribution in [0.1, 0.15) is 32.4 Å². The predicted molar refractivity (Wildman–Crippen MR) is 79.1 cm³/mol. The van der Waals surface area contributed by atoms with Crippen LogP contribution in [-0.2, 0) is 9.53 Å². The van der Waals surface area contributed by atoms with Crippen LogP contribution in [0.25, 0.3) is 0 Å². The lowest BCUT2D eigenvalue weighted by Gasteiger charge is -2.41. The summed E-state index contributed by atoms with van der Waals surface area (Å²) in [6.07, 6.45) is 0. The molecule has 110 valence electrons. The van der Waals surface area contributed by atoms with Crippen molar-refractivity contribution in [2.75, 3.05) is 13.2 Å². The van der Waals surface area contributed by atoms with Crippen molar-refractivity contribution in [2.45, 2.75) is 38.9 Å². The summed E-state index contributed by atoms with van der Waals surface area (Å²) in [5, 5.41) is 0. The Kier molecular flexibility index (Phi) is 4.78. The van der Waals surface area contributed by atoms with Gasteiger partial charge in [0.25, 0.3) is 0 Å². The summed E-state index contributed by atoms with van der Waals surface area (Å²) in [5.74, 6) is -0.120. The fraction of sp³-hybridized carbons (Fsp3) is 0.562. The number of ether oxygens (including phenoxy) is 1. The van der Waals surface area contributed by atoms with E-state index in [0.29, 0.717) is 13.2 Å². The number of morpholine rings is 1. The van der Waals surface area contributed by atoms with Crippen LogP contribution in [0.3, 0.4) is 0 Å². The fourth-order valence-electron chi connectivity index (χ4n) is 2.79. The maximum Gasteiger partial charge on any atom is 0.227 e. The van der Waals surface area contributed by atoms with E-state index in [0.717, 1.165) is 5.56 Å². The second-order valence-corrected chi connectivity index (χ2v) is 5.71. The molecule has 20 heavy (non-hydrogen) atoms. The third-order valence-corrected chi connectivity index (χ3v) is 4.03. The molecule has 1 heterocycles. The lowest BCUT2D eigenvalue weighted by molar-refractivity contribution is -0.148. The van der Waals surface area contributed by atoms with Gasteiger partial charge in [0.2, 0.25) is 5.91 Å². The molecule has 1 aliphatic heterocycles. The van der Waals surface area contributed by atoms with Gasteiger partial charge in [-0.3, -0.25) is 4.79 Å². The third kappa shape index (κ3) is 3.02. The van der Waals surface area contributed by atoms with Gasteiger partial charge in [0.15, 0.2) is 0 Å². The standard InChI is InChI=1S/C16H24N2O2/c1-11-9-20-10-12(2)18(11)16(19)13(3)15(17)14-7-5-4-6-8-14/h4-8,11-13,15H,9-10,17H2,1-3H3. The number of carbonyl (C=O) groups is 1. The highest BCUT2D eigenvalue weighted by atomic mass is 16.5. The highest BCUT2D eigenvalue weighted by Crippen LogP contribution is 2.24. The smallest absolute Gasteiger partial charge is 0.227 e. The van der Waals surface area contributed by atoms with Gasteiger partial charge in [0.05, 0.1) is 31.2 Å². The predicted octanol–water partition coefficient (Wildman–Crippen LogP) is 1.96. The minimum absolute atomic E-state index is 0.108. The Hall–Kier alpha value is -1.39. The van der Waals surface area contributed by atoms with Crippen molar-refractivity contribution in [1.82, 2.24) is 4.90 Å². The van der Waals surface area contributed by atoms with Crippen LogP contribution in [0, 0.1) is 5.92 Å². The Bertz CT molecular complexity index is 439. The number of rotatable bonds is 3. The van der Waals surface area contributed by atoms with Crippen molar-refractivity contribution in [3.05, 3.63) is 35.9 Å². The second kappa shape index (κ2) is 6.37. The molecule has 0 radical (unpaired) electrons. The summed E-state index contributed by atoms with van der Waals surface area (Å²) in [6, 6.07) is 9.74. The molecular formula is C16H24N2O2.